The van der Waals surface area contributed by atoms with Gasteiger partial charge in [0.2, 0.25) is 0 Å². The molecule has 0 aliphatic heterocycles. The van der Waals surface area contributed by atoms with Gasteiger partial charge in [0.25, 0.3) is 6.43 Å². The Morgan fingerprint density at radius 3 is 2.43 bits per heavy atom. The zero-order chi connectivity index (χ0) is 16.2. The van der Waals surface area contributed by atoms with E-state index in [4.69, 9.17) is 5.26 Å². The lowest BCUT2D eigenvalue weighted by Gasteiger charge is -2.17. The van der Waals surface area contributed by atoms with Crippen molar-refractivity contribution in [3.63, 3.8) is 0 Å². The van der Waals surface area contributed by atoms with Crippen LogP contribution in [0.4, 0.5) is 22.0 Å². The summed E-state index contributed by atoms with van der Waals surface area (Å²) in [5, 5.41) is 8.74. The monoisotopic (exact) mass is 307 g/mol. The second-order valence-electron chi connectivity index (χ2n) is 3.94. The summed E-state index contributed by atoms with van der Waals surface area (Å²) in [6, 6.07) is 2.58. The Bertz CT molecular complexity index is 575. The predicted octanol–water partition coefficient (Wildman–Crippen LogP) is 3.62. The molecule has 0 radical (unpaired) electrons. The Hall–Kier alpha value is -2.17. The summed E-state index contributed by atoms with van der Waals surface area (Å²) in [6.45, 7) is 1.34. The van der Waals surface area contributed by atoms with E-state index in [2.05, 4.69) is 4.74 Å². The van der Waals surface area contributed by atoms with Gasteiger partial charge in [-0.05, 0) is 24.6 Å². The summed E-state index contributed by atoms with van der Waals surface area (Å²) in [7, 11) is 0. The highest BCUT2D eigenvalue weighted by molar-refractivity contribution is 5.74. The molecule has 1 aromatic rings. The summed E-state index contributed by atoms with van der Waals surface area (Å²) < 4.78 is 69.2. The number of carbonyl (C=O) groups excluding carboxylic acids is 1. The van der Waals surface area contributed by atoms with E-state index in [1.165, 1.54) is 13.0 Å². The highest BCUT2D eigenvalue weighted by atomic mass is 19.4. The van der Waals surface area contributed by atoms with Crippen molar-refractivity contribution in [1.82, 2.24) is 0 Å². The number of benzene rings is 1. The number of halogens is 5. The molecule has 0 amide bonds. The van der Waals surface area contributed by atoms with E-state index in [0.29, 0.717) is 12.1 Å². The average molecular weight is 307 g/mol. The minimum Gasteiger partial charge on any atom is -0.466 e. The van der Waals surface area contributed by atoms with Crippen molar-refractivity contribution in [3.8, 4) is 6.07 Å². The standard InChI is InChI=1S/C13H10F5NO2/c1-2-21-10(20)5-8-9(13(16,17)18)4-3-7(6-19)11(8)12(14)15/h3-4,12H,2,5H2,1H3. The van der Waals surface area contributed by atoms with Gasteiger partial charge in [-0.25, -0.2) is 8.78 Å². The quantitative estimate of drug-likeness (QED) is 0.630. The van der Waals surface area contributed by atoms with Crippen LogP contribution in [0.15, 0.2) is 12.1 Å². The van der Waals surface area contributed by atoms with E-state index >= 15 is 0 Å². The lowest BCUT2D eigenvalue weighted by Crippen LogP contribution is -2.17. The summed E-state index contributed by atoms with van der Waals surface area (Å²) >= 11 is 0. The van der Waals surface area contributed by atoms with Gasteiger partial charge in [0.05, 0.1) is 30.2 Å². The number of alkyl halides is 5. The maximum atomic E-state index is 13.0. The Balaban J connectivity index is 3.52. The topological polar surface area (TPSA) is 50.1 Å². The molecule has 3 nitrogen and oxygen atoms in total. The predicted molar refractivity (Wildman–Crippen MR) is 61.5 cm³/mol. The third kappa shape index (κ3) is 3.90. The Kier molecular flexibility index (Phi) is 5.24. The highest BCUT2D eigenvalue weighted by Gasteiger charge is 2.37. The normalized spacial score (nSPS) is 11.3. The fourth-order valence-corrected chi connectivity index (χ4v) is 1.82. The first-order chi connectivity index (χ1) is 9.72. The van der Waals surface area contributed by atoms with Crippen LogP contribution < -0.4 is 0 Å². The van der Waals surface area contributed by atoms with Gasteiger partial charge in [-0.1, -0.05) is 0 Å². The minimum absolute atomic E-state index is 0.0951. The summed E-state index contributed by atoms with van der Waals surface area (Å²) in [5.74, 6) is -1.07. The minimum atomic E-state index is -4.92. The molecule has 8 heteroatoms. The number of nitriles is 1. The van der Waals surface area contributed by atoms with E-state index in [1.54, 1.807) is 0 Å². The van der Waals surface area contributed by atoms with Gasteiger partial charge in [0.15, 0.2) is 0 Å². The average Bonchev–Trinajstić information content (AvgIpc) is 2.36. The first-order valence-corrected chi connectivity index (χ1v) is 5.79. The zero-order valence-electron chi connectivity index (χ0n) is 10.8. The number of carbonyl (C=O) groups is 1. The molecule has 0 spiro atoms. The van der Waals surface area contributed by atoms with E-state index in [0.717, 1.165) is 0 Å². The van der Waals surface area contributed by atoms with Crippen LogP contribution in [0.1, 0.15) is 35.6 Å². The Morgan fingerprint density at radius 1 is 1.38 bits per heavy atom. The van der Waals surface area contributed by atoms with Crippen molar-refractivity contribution in [1.29, 1.82) is 5.26 Å². The number of ether oxygens (including phenoxy) is 1. The molecule has 114 valence electrons. The van der Waals surface area contributed by atoms with E-state index < -0.39 is 47.2 Å². The molecule has 0 unspecified atom stereocenters. The van der Waals surface area contributed by atoms with Crippen molar-refractivity contribution in [2.24, 2.45) is 0 Å². The third-order valence-electron chi connectivity index (χ3n) is 2.63. The second-order valence-corrected chi connectivity index (χ2v) is 3.94. The molecule has 0 heterocycles. The van der Waals surface area contributed by atoms with Crippen LogP contribution in [0.25, 0.3) is 0 Å². The van der Waals surface area contributed by atoms with Gasteiger partial charge >= 0.3 is 12.1 Å². The van der Waals surface area contributed by atoms with E-state index in [-0.39, 0.29) is 6.61 Å². The lowest BCUT2D eigenvalue weighted by atomic mass is 9.94. The van der Waals surface area contributed by atoms with Crippen molar-refractivity contribution in [3.05, 3.63) is 34.4 Å². The molecule has 0 aliphatic rings. The SMILES string of the molecule is CCOC(=O)Cc1c(C(F)(F)F)ccc(C#N)c1C(F)F. The Labute approximate surface area is 116 Å². The fourth-order valence-electron chi connectivity index (χ4n) is 1.82. The van der Waals surface area contributed by atoms with Crippen LogP contribution in [-0.2, 0) is 22.1 Å². The lowest BCUT2D eigenvalue weighted by molar-refractivity contribution is -0.143. The molecule has 0 atom stereocenters. The molecule has 0 fully saturated rings. The molecule has 21 heavy (non-hydrogen) atoms. The summed E-state index contributed by atoms with van der Waals surface area (Å²) in [6.07, 6.45) is -9.21. The van der Waals surface area contributed by atoms with Crippen molar-refractivity contribution >= 4 is 5.97 Å². The number of nitrogens with zero attached hydrogens (tertiary/aromatic N) is 1. The summed E-state index contributed by atoms with van der Waals surface area (Å²) in [4.78, 5) is 11.3. The van der Waals surface area contributed by atoms with E-state index in [1.807, 2.05) is 0 Å². The maximum Gasteiger partial charge on any atom is 0.416 e. The van der Waals surface area contributed by atoms with Crippen molar-refractivity contribution < 1.29 is 31.5 Å². The second kappa shape index (κ2) is 6.52. The first kappa shape index (κ1) is 16.9. The third-order valence-corrected chi connectivity index (χ3v) is 2.63. The number of hydrogen-bond acceptors (Lipinski definition) is 3. The van der Waals surface area contributed by atoms with Crippen molar-refractivity contribution in [2.45, 2.75) is 25.9 Å². The Morgan fingerprint density at radius 2 is 2.00 bits per heavy atom. The number of esters is 1. The molecule has 0 saturated heterocycles. The molecule has 0 aromatic heterocycles. The molecule has 0 bridgehead atoms. The molecule has 0 N–H and O–H groups in total. The van der Waals surface area contributed by atoms with Crippen LogP contribution in [0.3, 0.4) is 0 Å². The molecule has 0 aliphatic carbocycles. The first-order valence-electron chi connectivity index (χ1n) is 5.79. The maximum absolute atomic E-state index is 13.0. The number of rotatable bonds is 4. The number of hydrogen-bond donors (Lipinski definition) is 0. The van der Waals surface area contributed by atoms with E-state index in [9.17, 15) is 26.7 Å². The van der Waals surface area contributed by atoms with Gasteiger partial charge in [0.1, 0.15) is 0 Å². The molecular weight excluding hydrogens is 297 g/mol. The van der Waals surface area contributed by atoms with Crippen LogP contribution >= 0.6 is 0 Å². The molecule has 0 saturated carbocycles. The highest BCUT2D eigenvalue weighted by Crippen LogP contribution is 2.38. The largest absolute Gasteiger partial charge is 0.466 e. The van der Waals surface area contributed by atoms with Crippen LogP contribution in [-0.4, -0.2) is 12.6 Å². The molecule has 1 aromatic carbocycles. The van der Waals surface area contributed by atoms with Gasteiger partial charge < -0.3 is 4.74 Å². The van der Waals surface area contributed by atoms with Gasteiger partial charge in [-0.2, -0.15) is 18.4 Å². The molecule has 1 rings (SSSR count). The van der Waals surface area contributed by atoms with Gasteiger partial charge in [-0.3, -0.25) is 4.79 Å². The van der Waals surface area contributed by atoms with Crippen LogP contribution in [0, 0.1) is 11.3 Å². The van der Waals surface area contributed by atoms with Crippen LogP contribution in [0.5, 0.6) is 0 Å². The summed E-state index contributed by atoms with van der Waals surface area (Å²) in [5.41, 5.74) is -3.97. The zero-order valence-corrected chi connectivity index (χ0v) is 10.8. The smallest absolute Gasteiger partial charge is 0.416 e. The van der Waals surface area contributed by atoms with Gasteiger partial charge in [0, 0.05) is 5.56 Å². The van der Waals surface area contributed by atoms with Gasteiger partial charge in [-0.15, -0.1) is 0 Å². The fraction of sp³-hybridized carbons (Fsp3) is 0.385. The van der Waals surface area contributed by atoms with Crippen molar-refractivity contribution in [2.75, 3.05) is 6.61 Å². The van der Waals surface area contributed by atoms with Crippen LogP contribution in [0.2, 0.25) is 0 Å². The molecular formula is C13H10F5NO2.